The third-order valence-electron chi connectivity index (χ3n) is 2.77. The third kappa shape index (κ3) is 4.20. The van der Waals surface area contributed by atoms with E-state index >= 15 is 0 Å². The van der Waals surface area contributed by atoms with Crippen molar-refractivity contribution < 1.29 is 14.2 Å². The Morgan fingerprint density at radius 1 is 1.22 bits per heavy atom. The highest BCUT2D eigenvalue weighted by Gasteiger charge is 2.12. The summed E-state index contributed by atoms with van der Waals surface area (Å²) in [4.78, 5) is 0. The number of nitrogens with two attached hydrogens (primary N) is 1. The smallest absolute Gasteiger partial charge is 0.128 e. The molecule has 4 nitrogen and oxygen atoms in total. The second-order valence-electron chi connectivity index (χ2n) is 4.40. The molecule has 0 saturated carbocycles. The van der Waals surface area contributed by atoms with Gasteiger partial charge in [-0.2, -0.15) is 0 Å². The maximum Gasteiger partial charge on any atom is 0.128 e. The van der Waals surface area contributed by atoms with Crippen molar-refractivity contribution in [1.29, 1.82) is 0 Å². The topological polar surface area (TPSA) is 53.7 Å². The molecule has 2 unspecified atom stereocenters. The predicted molar refractivity (Wildman–Crippen MR) is 72.2 cm³/mol. The molecule has 0 radical (unpaired) electrons. The SMILES string of the molecule is COCCC(C)Oc1cc(OC)ccc1C(C)N. The van der Waals surface area contributed by atoms with Crippen LogP contribution in [0.2, 0.25) is 0 Å². The average Bonchev–Trinajstić information content (AvgIpc) is 2.35. The van der Waals surface area contributed by atoms with Crippen molar-refractivity contribution in [1.82, 2.24) is 0 Å². The molecule has 0 heterocycles. The predicted octanol–water partition coefficient (Wildman–Crippen LogP) is 2.52. The van der Waals surface area contributed by atoms with E-state index in [0.717, 1.165) is 23.5 Å². The Hall–Kier alpha value is -1.26. The van der Waals surface area contributed by atoms with Crippen LogP contribution in [0.5, 0.6) is 11.5 Å². The molecule has 0 spiro atoms. The highest BCUT2D eigenvalue weighted by molar-refractivity contribution is 5.42. The van der Waals surface area contributed by atoms with Crippen molar-refractivity contribution in [3.05, 3.63) is 23.8 Å². The number of hydrogen-bond donors (Lipinski definition) is 1. The van der Waals surface area contributed by atoms with Gasteiger partial charge in [0.05, 0.1) is 13.2 Å². The molecule has 0 saturated heterocycles. The van der Waals surface area contributed by atoms with Gasteiger partial charge in [0.15, 0.2) is 0 Å². The van der Waals surface area contributed by atoms with Crippen molar-refractivity contribution in [2.45, 2.75) is 32.4 Å². The van der Waals surface area contributed by atoms with Crippen LogP contribution in [-0.2, 0) is 4.74 Å². The summed E-state index contributed by atoms with van der Waals surface area (Å²) in [5, 5.41) is 0. The lowest BCUT2D eigenvalue weighted by Crippen LogP contribution is -2.17. The van der Waals surface area contributed by atoms with Gasteiger partial charge in [-0.25, -0.2) is 0 Å². The Labute approximate surface area is 109 Å². The first kappa shape index (κ1) is 14.8. The molecule has 0 bridgehead atoms. The van der Waals surface area contributed by atoms with E-state index in [9.17, 15) is 0 Å². The van der Waals surface area contributed by atoms with E-state index in [0.29, 0.717) is 6.61 Å². The number of ether oxygens (including phenoxy) is 3. The van der Waals surface area contributed by atoms with Crippen LogP contribution < -0.4 is 15.2 Å². The van der Waals surface area contributed by atoms with E-state index in [1.165, 1.54) is 0 Å². The lowest BCUT2D eigenvalue weighted by atomic mass is 10.1. The van der Waals surface area contributed by atoms with Crippen LogP contribution in [-0.4, -0.2) is 26.9 Å². The highest BCUT2D eigenvalue weighted by atomic mass is 16.5. The first-order chi connectivity index (χ1) is 8.58. The third-order valence-corrected chi connectivity index (χ3v) is 2.77. The van der Waals surface area contributed by atoms with Crippen molar-refractivity contribution in [3.8, 4) is 11.5 Å². The monoisotopic (exact) mass is 253 g/mol. The van der Waals surface area contributed by atoms with Gasteiger partial charge in [0, 0.05) is 37.8 Å². The van der Waals surface area contributed by atoms with Crippen LogP contribution in [0.15, 0.2) is 18.2 Å². The van der Waals surface area contributed by atoms with Crippen molar-refractivity contribution in [3.63, 3.8) is 0 Å². The summed E-state index contributed by atoms with van der Waals surface area (Å²) in [7, 11) is 3.32. The van der Waals surface area contributed by atoms with Crippen molar-refractivity contribution >= 4 is 0 Å². The molecule has 0 aromatic heterocycles. The minimum Gasteiger partial charge on any atom is -0.497 e. The Morgan fingerprint density at radius 2 is 1.94 bits per heavy atom. The van der Waals surface area contributed by atoms with E-state index < -0.39 is 0 Å². The molecule has 0 fully saturated rings. The van der Waals surface area contributed by atoms with Gasteiger partial charge in [0.25, 0.3) is 0 Å². The fourth-order valence-corrected chi connectivity index (χ4v) is 1.68. The van der Waals surface area contributed by atoms with E-state index in [1.54, 1.807) is 14.2 Å². The summed E-state index contributed by atoms with van der Waals surface area (Å²) in [6.45, 7) is 4.64. The molecule has 0 aliphatic rings. The maximum atomic E-state index is 5.94. The number of hydrogen-bond acceptors (Lipinski definition) is 4. The zero-order valence-corrected chi connectivity index (χ0v) is 11.6. The van der Waals surface area contributed by atoms with E-state index in [2.05, 4.69) is 0 Å². The summed E-state index contributed by atoms with van der Waals surface area (Å²) in [6.07, 6.45) is 0.918. The molecule has 2 N–H and O–H groups in total. The second-order valence-corrected chi connectivity index (χ2v) is 4.40. The molecular formula is C14H23NO3. The molecule has 0 amide bonds. The van der Waals surface area contributed by atoms with Gasteiger partial charge >= 0.3 is 0 Å². The first-order valence-corrected chi connectivity index (χ1v) is 6.17. The molecule has 0 aliphatic heterocycles. The van der Waals surface area contributed by atoms with Gasteiger partial charge in [0.2, 0.25) is 0 Å². The maximum absolute atomic E-state index is 5.94. The van der Waals surface area contributed by atoms with Gasteiger partial charge in [-0.05, 0) is 19.9 Å². The average molecular weight is 253 g/mol. The Morgan fingerprint density at radius 3 is 2.50 bits per heavy atom. The Balaban J connectivity index is 2.83. The van der Waals surface area contributed by atoms with E-state index in [1.807, 2.05) is 32.0 Å². The Bertz CT molecular complexity index is 366. The number of methoxy groups -OCH3 is 2. The molecule has 102 valence electrons. The largest absolute Gasteiger partial charge is 0.497 e. The fraction of sp³-hybridized carbons (Fsp3) is 0.571. The van der Waals surface area contributed by atoms with Crippen LogP contribution in [0.4, 0.5) is 0 Å². The van der Waals surface area contributed by atoms with Crippen LogP contribution in [0.25, 0.3) is 0 Å². The molecule has 0 aliphatic carbocycles. The van der Waals surface area contributed by atoms with E-state index in [4.69, 9.17) is 19.9 Å². The van der Waals surface area contributed by atoms with Gasteiger partial charge in [-0.15, -0.1) is 0 Å². The van der Waals surface area contributed by atoms with Gasteiger partial charge < -0.3 is 19.9 Å². The van der Waals surface area contributed by atoms with Crippen molar-refractivity contribution in [2.24, 2.45) is 5.73 Å². The number of rotatable bonds is 7. The zero-order valence-electron chi connectivity index (χ0n) is 11.6. The first-order valence-electron chi connectivity index (χ1n) is 6.17. The molecule has 1 aromatic rings. The molecule has 4 heteroatoms. The quantitative estimate of drug-likeness (QED) is 0.811. The number of benzene rings is 1. The lowest BCUT2D eigenvalue weighted by Gasteiger charge is -2.19. The lowest BCUT2D eigenvalue weighted by molar-refractivity contribution is 0.134. The summed E-state index contributed by atoms with van der Waals surface area (Å²) in [6, 6.07) is 5.65. The van der Waals surface area contributed by atoms with Crippen LogP contribution in [0, 0.1) is 0 Å². The van der Waals surface area contributed by atoms with Crippen LogP contribution in [0.3, 0.4) is 0 Å². The minimum atomic E-state index is -0.0690. The second kappa shape index (κ2) is 7.24. The summed E-state index contributed by atoms with van der Waals surface area (Å²) in [5.74, 6) is 1.56. The van der Waals surface area contributed by atoms with Crippen LogP contribution >= 0.6 is 0 Å². The standard InChI is InChI=1S/C14H23NO3/c1-10(7-8-16-3)18-14-9-12(17-4)5-6-13(14)11(2)15/h5-6,9-11H,7-8,15H2,1-4H3. The molecule has 18 heavy (non-hydrogen) atoms. The summed E-state index contributed by atoms with van der Waals surface area (Å²) >= 11 is 0. The van der Waals surface area contributed by atoms with Crippen molar-refractivity contribution in [2.75, 3.05) is 20.8 Å². The highest BCUT2D eigenvalue weighted by Crippen LogP contribution is 2.29. The summed E-state index contributed by atoms with van der Waals surface area (Å²) < 4.78 is 16.2. The zero-order chi connectivity index (χ0) is 13.5. The van der Waals surface area contributed by atoms with Gasteiger partial charge in [-0.1, -0.05) is 6.07 Å². The van der Waals surface area contributed by atoms with Gasteiger partial charge in [0.1, 0.15) is 11.5 Å². The normalized spacial score (nSPS) is 14.1. The van der Waals surface area contributed by atoms with Gasteiger partial charge in [-0.3, -0.25) is 0 Å². The van der Waals surface area contributed by atoms with E-state index in [-0.39, 0.29) is 12.1 Å². The molecule has 2 atom stereocenters. The fourth-order valence-electron chi connectivity index (χ4n) is 1.68. The van der Waals surface area contributed by atoms with Crippen LogP contribution in [0.1, 0.15) is 31.9 Å². The minimum absolute atomic E-state index is 0.0690. The molecule has 1 aromatic carbocycles. The Kier molecular flexibility index (Phi) is 5.95. The summed E-state index contributed by atoms with van der Waals surface area (Å²) in [5.41, 5.74) is 6.92. The molecular weight excluding hydrogens is 230 g/mol. The molecule has 1 rings (SSSR count).